The monoisotopic (exact) mass is 1140 g/mol. The van der Waals surface area contributed by atoms with Gasteiger partial charge in [-0.3, -0.25) is 0 Å². The van der Waals surface area contributed by atoms with E-state index in [-0.39, 0.29) is 183 Å². The molecule has 0 aliphatic heterocycles. The predicted octanol–water partition coefficient (Wildman–Crippen LogP) is -9.15. The van der Waals surface area contributed by atoms with Gasteiger partial charge >= 0.3 is 276 Å². The van der Waals surface area contributed by atoms with Gasteiger partial charge in [-0.05, 0) is 0 Å². The molecule has 0 atom stereocenters. The van der Waals surface area contributed by atoms with Crippen molar-refractivity contribution in [2.24, 2.45) is 0 Å². The standard InChI is InChI=1S/2Gd.2K.12O.3W.2H/q2*+3;;;;;;;;;6*-1;;;;;. The summed E-state index contributed by atoms with van der Waals surface area (Å²) in [6, 6.07) is 0. The molecule has 0 rings (SSSR count). The van der Waals surface area contributed by atoms with E-state index in [1.54, 1.807) is 0 Å². The molecule has 0 aromatic heterocycles. The van der Waals surface area contributed by atoms with Gasteiger partial charge in [0.1, 0.15) is 0 Å². The second kappa shape index (κ2) is 22.6. The van der Waals surface area contributed by atoms with Gasteiger partial charge in [0.2, 0.25) is 0 Å². The molecule has 0 aromatic carbocycles. The summed E-state index contributed by atoms with van der Waals surface area (Å²) in [4.78, 5) is 0. The summed E-state index contributed by atoms with van der Waals surface area (Å²) in [5.74, 6) is 0. The Bertz CT molecular complexity index is 350. The van der Waals surface area contributed by atoms with Crippen molar-refractivity contribution in [3.05, 3.63) is 0 Å². The van der Waals surface area contributed by atoms with Crippen molar-refractivity contribution in [3.8, 4) is 0 Å². The maximum absolute atomic E-state index is 8.65. The van der Waals surface area contributed by atoms with E-state index in [0.29, 0.717) is 0 Å². The fourth-order valence-electron chi connectivity index (χ4n) is 0. The quantitative estimate of drug-likeness (QED) is 0.206. The molecule has 19 heteroatoms. The molecular weight excluding hydrogens is 1140 g/mol. The summed E-state index contributed by atoms with van der Waals surface area (Å²) in [5.41, 5.74) is 0. The molecule has 0 heterocycles. The van der Waals surface area contributed by atoms with Crippen LogP contribution in [0, 0.1) is 79.9 Å². The molecule has 0 saturated carbocycles. The zero-order valence-electron chi connectivity index (χ0n) is 6.83. The fourth-order valence-corrected chi connectivity index (χ4v) is 0. The van der Waals surface area contributed by atoms with Crippen LogP contribution >= 0.6 is 0 Å². The van der Waals surface area contributed by atoms with Crippen molar-refractivity contribution < 1.29 is 173 Å². The van der Waals surface area contributed by atoms with Gasteiger partial charge in [0.05, 0.1) is 0 Å². The van der Waals surface area contributed by atoms with E-state index in [4.69, 9.17) is 42.9 Å². The summed E-state index contributed by atoms with van der Waals surface area (Å²) >= 11 is -18.5. The van der Waals surface area contributed by atoms with Crippen LogP contribution in [0.3, 0.4) is 0 Å². The minimum atomic E-state index is -6.17. The Hall–Kier alpha value is 6.55. The Labute approximate surface area is 267 Å². The molecule has 12 nitrogen and oxygen atoms in total. The van der Waals surface area contributed by atoms with Gasteiger partial charge in [-0.2, -0.15) is 0 Å². The molecule has 110 valence electrons. The zero-order valence-corrected chi connectivity index (χ0v) is 20.2. The Morgan fingerprint density at radius 2 is 0.421 bits per heavy atom. The first kappa shape index (κ1) is 44.7. The normalized spacial score (nSPS) is 9.16. The maximum atomic E-state index is 8.65. The van der Waals surface area contributed by atoms with Crippen LogP contribution in [0.4, 0.5) is 0 Å². The van der Waals surface area contributed by atoms with Crippen molar-refractivity contribution in [1.29, 1.82) is 0 Å². The second-order valence-electron chi connectivity index (χ2n) is 1.22. The van der Waals surface area contributed by atoms with Crippen LogP contribution in [0.2, 0.25) is 0 Å². The van der Waals surface area contributed by atoms with Crippen LogP contribution in [0.25, 0.3) is 0 Å². The van der Waals surface area contributed by atoms with Crippen LogP contribution in [-0.4, -0.2) is 103 Å². The van der Waals surface area contributed by atoms with Crippen molar-refractivity contribution in [2.75, 3.05) is 0 Å². The average Bonchev–Trinajstić information content (AvgIpc) is 1.41. The van der Waals surface area contributed by atoms with Crippen LogP contribution in [0.1, 0.15) is 0 Å². The summed E-state index contributed by atoms with van der Waals surface area (Å²) in [6.45, 7) is 0. The first-order valence-corrected chi connectivity index (χ1v) is 16.4. The van der Waals surface area contributed by atoms with Crippen molar-refractivity contribution in [1.82, 2.24) is 0 Å². The third kappa shape index (κ3) is 291. The summed E-state index contributed by atoms with van der Waals surface area (Å²) in [6.07, 6.45) is 0. The molecule has 0 N–H and O–H groups in total. The Morgan fingerprint density at radius 3 is 0.421 bits per heavy atom. The van der Waals surface area contributed by atoms with E-state index in [1.807, 2.05) is 0 Å². The fraction of sp³-hybridized carbons (Fsp3) is 0. The molecular formula is H2Gd2K2O12W3. The van der Waals surface area contributed by atoms with Gasteiger partial charge in [-0.25, -0.2) is 0 Å². The SMILES string of the molecule is [Gd+3].[Gd+3].[KH].[KH].[O]=[W](=[O])([O-])[O-].[O]=[W](=[O])([O-])[O-].[O]=[W](=[O])([O-])[O-]. The Kier molecular flexibility index (Phi) is 53.2. The van der Waals surface area contributed by atoms with E-state index in [9.17, 15) is 0 Å². The number of rotatable bonds is 0. The topological polar surface area (TPSA) is 241 Å². The summed E-state index contributed by atoms with van der Waals surface area (Å²) < 4.78 is 104. The molecule has 19 heavy (non-hydrogen) atoms. The Morgan fingerprint density at radius 1 is 0.421 bits per heavy atom. The van der Waals surface area contributed by atoms with Crippen molar-refractivity contribution in [2.45, 2.75) is 0 Å². The molecule has 2 radical (unpaired) electrons. The zero-order chi connectivity index (χ0) is 13.5. The third-order valence-corrected chi connectivity index (χ3v) is 0. The average molecular weight is 1140 g/mol. The van der Waals surface area contributed by atoms with Gasteiger partial charge in [-0.1, -0.05) is 0 Å². The van der Waals surface area contributed by atoms with Crippen LogP contribution < -0.4 is 22.6 Å². The molecule has 0 amide bonds. The molecule has 0 saturated heterocycles. The molecule has 0 aromatic rings. The number of hydrogen-bond acceptors (Lipinski definition) is 12. The first-order valence-electron chi connectivity index (χ1n) is 2.00. The summed E-state index contributed by atoms with van der Waals surface area (Å²) in [5, 5.41) is 0. The molecule has 0 spiro atoms. The van der Waals surface area contributed by atoms with Gasteiger partial charge < -0.3 is 0 Å². The van der Waals surface area contributed by atoms with Crippen molar-refractivity contribution in [3.63, 3.8) is 0 Å². The summed E-state index contributed by atoms with van der Waals surface area (Å²) in [7, 11) is 0. The third-order valence-electron chi connectivity index (χ3n) is 0. The van der Waals surface area contributed by atoms with Gasteiger partial charge in [0.25, 0.3) is 0 Å². The predicted molar refractivity (Wildman–Crippen MR) is 18.4 cm³/mol. The van der Waals surface area contributed by atoms with Crippen LogP contribution in [0.5, 0.6) is 0 Å². The first-order chi connectivity index (χ1) is 6.00. The van der Waals surface area contributed by atoms with E-state index >= 15 is 0 Å². The molecule has 0 fully saturated rings. The van der Waals surface area contributed by atoms with Crippen LogP contribution in [-0.2, 0) is 70.6 Å². The second-order valence-corrected chi connectivity index (χ2v) is 10.0. The van der Waals surface area contributed by atoms with E-state index in [1.165, 1.54) is 0 Å². The van der Waals surface area contributed by atoms with Crippen LogP contribution in [0.15, 0.2) is 0 Å². The van der Waals surface area contributed by atoms with E-state index in [2.05, 4.69) is 0 Å². The minimum absolute atomic E-state index is 0. The van der Waals surface area contributed by atoms with Gasteiger partial charge in [-0.15, -0.1) is 0 Å². The van der Waals surface area contributed by atoms with E-state index in [0.717, 1.165) is 0 Å². The van der Waals surface area contributed by atoms with E-state index < -0.39 is 50.2 Å². The molecule has 0 aliphatic rings. The molecule has 0 aliphatic carbocycles. The van der Waals surface area contributed by atoms with Gasteiger partial charge in [0.15, 0.2) is 0 Å². The molecule has 0 unspecified atom stereocenters. The Balaban J connectivity index is -0.0000000206. The van der Waals surface area contributed by atoms with Gasteiger partial charge in [0, 0.05) is 0 Å². The molecule has 0 bridgehead atoms. The van der Waals surface area contributed by atoms with Crippen molar-refractivity contribution >= 4 is 103 Å². The number of hydrogen-bond donors (Lipinski definition) is 0.